The summed E-state index contributed by atoms with van der Waals surface area (Å²) in [6.45, 7) is 8.36. The normalized spacial score (nSPS) is 26.8. The van der Waals surface area contributed by atoms with E-state index < -0.39 is 0 Å². The summed E-state index contributed by atoms with van der Waals surface area (Å²) in [5.41, 5.74) is 0. The summed E-state index contributed by atoms with van der Waals surface area (Å²) in [4.78, 5) is 9.50. The molecule has 0 saturated carbocycles. The molecule has 1 unspecified atom stereocenters. The number of guanidine groups is 1. The third-order valence-electron chi connectivity index (χ3n) is 6.15. The van der Waals surface area contributed by atoms with Crippen LogP contribution in [0.2, 0.25) is 0 Å². The first-order valence-corrected chi connectivity index (χ1v) is 11.3. The van der Waals surface area contributed by atoms with Crippen LogP contribution in [-0.4, -0.2) is 87.5 Å². The lowest BCUT2D eigenvalue weighted by atomic mass is 10.1. The van der Waals surface area contributed by atoms with Crippen molar-refractivity contribution in [3.05, 3.63) is 0 Å². The monoisotopic (exact) mass is 380 g/mol. The average Bonchev–Trinajstić information content (AvgIpc) is 3.00. The third kappa shape index (κ3) is 7.24. The number of likely N-dealkylation sites (tertiary alicyclic amines) is 2. The molecule has 0 spiro atoms. The van der Waals surface area contributed by atoms with Crippen LogP contribution in [0.25, 0.3) is 0 Å². The number of nitrogens with zero attached hydrogens (tertiary/aromatic N) is 3. The topological polar surface area (TPSA) is 49.3 Å². The second kappa shape index (κ2) is 11.9. The Morgan fingerprint density at radius 3 is 2.44 bits per heavy atom. The Balaban J connectivity index is 1.30. The van der Waals surface area contributed by atoms with E-state index in [1.54, 1.807) is 0 Å². The molecule has 1 N–H and O–H groups in total. The molecule has 156 valence electrons. The summed E-state index contributed by atoms with van der Waals surface area (Å²) < 4.78 is 11.9. The average molecular weight is 381 g/mol. The van der Waals surface area contributed by atoms with Crippen molar-refractivity contribution in [1.29, 1.82) is 0 Å². The van der Waals surface area contributed by atoms with E-state index in [9.17, 15) is 0 Å². The first-order chi connectivity index (χ1) is 13.3. The van der Waals surface area contributed by atoms with E-state index in [0.717, 1.165) is 64.6 Å². The molecule has 3 aliphatic heterocycles. The van der Waals surface area contributed by atoms with Gasteiger partial charge in [0.25, 0.3) is 0 Å². The van der Waals surface area contributed by atoms with Crippen molar-refractivity contribution in [3.8, 4) is 0 Å². The highest BCUT2D eigenvalue weighted by atomic mass is 16.5. The second-order valence-electron chi connectivity index (χ2n) is 8.24. The standard InChI is InChI=1S/C21H40N4O2/c1-22-21(23-11-16-24-12-5-2-3-6-13-24)25-14-9-19(10-15-25)27-18-20-8-4-7-17-26-20/h19-20H,2-18H2,1H3,(H,22,23). The fraction of sp³-hybridized carbons (Fsp3) is 0.952. The van der Waals surface area contributed by atoms with Gasteiger partial charge in [0.1, 0.15) is 0 Å². The Bertz CT molecular complexity index is 424. The molecule has 1 atom stereocenters. The lowest BCUT2D eigenvalue weighted by molar-refractivity contribution is -0.0721. The quantitative estimate of drug-likeness (QED) is 0.567. The van der Waals surface area contributed by atoms with Gasteiger partial charge in [-0.3, -0.25) is 4.99 Å². The minimum Gasteiger partial charge on any atom is -0.376 e. The number of aliphatic imine (C=N–C) groups is 1. The third-order valence-corrected chi connectivity index (χ3v) is 6.15. The highest BCUT2D eigenvalue weighted by molar-refractivity contribution is 5.79. The summed E-state index contributed by atoms with van der Waals surface area (Å²) in [5, 5.41) is 3.58. The van der Waals surface area contributed by atoms with Gasteiger partial charge in [0.05, 0.1) is 18.8 Å². The van der Waals surface area contributed by atoms with E-state index in [1.807, 2.05) is 7.05 Å². The van der Waals surface area contributed by atoms with Gasteiger partial charge in [-0.05, 0) is 58.0 Å². The maximum atomic E-state index is 6.14. The molecule has 0 radical (unpaired) electrons. The smallest absolute Gasteiger partial charge is 0.193 e. The van der Waals surface area contributed by atoms with Crippen LogP contribution in [0.3, 0.4) is 0 Å². The van der Waals surface area contributed by atoms with Gasteiger partial charge < -0.3 is 24.6 Å². The van der Waals surface area contributed by atoms with Crippen molar-refractivity contribution < 1.29 is 9.47 Å². The van der Waals surface area contributed by atoms with E-state index >= 15 is 0 Å². The van der Waals surface area contributed by atoms with Gasteiger partial charge in [0.15, 0.2) is 5.96 Å². The maximum absolute atomic E-state index is 6.14. The fourth-order valence-corrected chi connectivity index (χ4v) is 4.43. The largest absolute Gasteiger partial charge is 0.376 e. The molecule has 3 rings (SSSR count). The second-order valence-corrected chi connectivity index (χ2v) is 8.24. The van der Waals surface area contributed by atoms with E-state index in [1.165, 1.54) is 51.6 Å². The number of hydrogen-bond acceptors (Lipinski definition) is 4. The highest BCUT2D eigenvalue weighted by Crippen LogP contribution is 2.18. The number of rotatable bonds is 6. The minimum atomic E-state index is 0.324. The zero-order valence-electron chi connectivity index (χ0n) is 17.3. The van der Waals surface area contributed by atoms with Crippen molar-refractivity contribution in [2.45, 2.75) is 70.0 Å². The van der Waals surface area contributed by atoms with Crippen LogP contribution in [-0.2, 0) is 9.47 Å². The molecule has 6 nitrogen and oxygen atoms in total. The van der Waals surface area contributed by atoms with Crippen molar-refractivity contribution in [3.63, 3.8) is 0 Å². The zero-order valence-corrected chi connectivity index (χ0v) is 17.3. The molecule has 6 heteroatoms. The SMILES string of the molecule is CN=C(NCCN1CCCCCC1)N1CCC(OCC2CCCCO2)CC1. The van der Waals surface area contributed by atoms with Gasteiger partial charge in [-0.25, -0.2) is 0 Å². The first-order valence-electron chi connectivity index (χ1n) is 11.3. The molecule has 0 aromatic heterocycles. The van der Waals surface area contributed by atoms with Crippen molar-refractivity contribution in [2.24, 2.45) is 4.99 Å². The van der Waals surface area contributed by atoms with Gasteiger partial charge >= 0.3 is 0 Å². The molecule has 3 fully saturated rings. The van der Waals surface area contributed by atoms with Crippen LogP contribution in [0.1, 0.15) is 57.8 Å². The van der Waals surface area contributed by atoms with Gasteiger partial charge in [0, 0.05) is 39.8 Å². The van der Waals surface area contributed by atoms with Crippen molar-refractivity contribution in [2.75, 3.05) is 59.5 Å². The van der Waals surface area contributed by atoms with Crippen LogP contribution in [0.15, 0.2) is 4.99 Å². The van der Waals surface area contributed by atoms with Crippen LogP contribution >= 0.6 is 0 Å². The van der Waals surface area contributed by atoms with Gasteiger partial charge in [0.2, 0.25) is 0 Å². The fourth-order valence-electron chi connectivity index (χ4n) is 4.43. The molecule has 3 aliphatic rings. The number of piperidine rings is 1. The number of nitrogens with one attached hydrogen (secondary N) is 1. The Hall–Kier alpha value is -0.850. The molecule has 0 aromatic carbocycles. The Kier molecular flexibility index (Phi) is 9.18. The van der Waals surface area contributed by atoms with Crippen LogP contribution in [0.5, 0.6) is 0 Å². The van der Waals surface area contributed by atoms with Gasteiger partial charge in [-0.15, -0.1) is 0 Å². The predicted molar refractivity (Wildman–Crippen MR) is 110 cm³/mol. The molecule has 0 bridgehead atoms. The maximum Gasteiger partial charge on any atom is 0.193 e. The Labute approximate surface area is 165 Å². The van der Waals surface area contributed by atoms with Gasteiger partial charge in [-0.1, -0.05) is 12.8 Å². The molecule has 0 aromatic rings. The number of ether oxygens (including phenoxy) is 2. The summed E-state index contributed by atoms with van der Waals surface area (Å²) in [5.74, 6) is 1.05. The van der Waals surface area contributed by atoms with Crippen LogP contribution in [0.4, 0.5) is 0 Å². The van der Waals surface area contributed by atoms with Crippen molar-refractivity contribution >= 4 is 5.96 Å². The summed E-state index contributed by atoms with van der Waals surface area (Å²) in [6.07, 6.45) is 12.0. The lowest BCUT2D eigenvalue weighted by Crippen LogP contribution is -2.48. The molecule has 3 saturated heterocycles. The van der Waals surface area contributed by atoms with E-state index in [2.05, 4.69) is 20.1 Å². The van der Waals surface area contributed by atoms with Crippen LogP contribution in [0, 0.1) is 0 Å². The highest BCUT2D eigenvalue weighted by Gasteiger charge is 2.23. The molecule has 0 amide bonds. The molecule has 0 aliphatic carbocycles. The number of hydrogen-bond donors (Lipinski definition) is 1. The Morgan fingerprint density at radius 2 is 1.78 bits per heavy atom. The minimum absolute atomic E-state index is 0.324. The zero-order chi connectivity index (χ0) is 18.7. The molecule has 3 heterocycles. The van der Waals surface area contributed by atoms with E-state index in [-0.39, 0.29) is 0 Å². The van der Waals surface area contributed by atoms with E-state index in [0.29, 0.717) is 12.2 Å². The van der Waals surface area contributed by atoms with Gasteiger partial charge in [-0.2, -0.15) is 0 Å². The lowest BCUT2D eigenvalue weighted by Gasteiger charge is -2.35. The summed E-state index contributed by atoms with van der Waals surface area (Å²) in [7, 11) is 1.90. The summed E-state index contributed by atoms with van der Waals surface area (Å²) in [6, 6.07) is 0. The molecular weight excluding hydrogens is 340 g/mol. The molecular formula is C21H40N4O2. The predicted octanol–water partition coefficient (Wildman–Crippen LogP) is 2.49. The van der Waals surface area contributed by atoms with Crippen molar-refractivity contribution in [1.82, 2.24) is 15.1 Å². The Morgan fingerprint density at radius 1 is 1.00 bits per heavy atom. The first kappa shape index (κ1) is 20.9. The van der Waals surface area contributed by atoms with E-state index in [4.69, 9.17) is 9.47 Å². The molecule has 27 heavy (non-hydrogen) atoms. The summed E-state index contributed by atoms with van der Waals surface area (Å²) >= 11 is 0. The van der Waals surface area contributed by atoms with Crippen LogP contribution < -0.4 is 5.32 Å².